The number of H-pyrrole nitrogens is 1. The molecule has 1 heterocycles. The van der Waals surface area contributed by atoms with Crippen LogP contribution in [0.5, 0.6) is 11.5 Å². The molecule has 17 nitrogen and oxygen atoms in total. The molecule has 0 atom stereocenters. The lowest BCUT2D eigenvalue weighted by Gasteiger charge is -2.14. The molecule has 0 radical (unpaired) electrons. The first-order valence-electron chi connectivity index (χ1n) is 13.0. The molecule has 0 aliphatic heterocycles. The van der Waals surface area contributed by atoms with Crippen LogP contribution < -0.4 is 31.5 Å². The largest absolute Gasteiger partial charge is 0.494 e. The van der Waals surface area contributed by atoms with Crippen LogP contribution in [0.4, 0.5) is 40.3 Å². The maximum absolute atomic E-state index is 12.4. The fraction of sp³-hybridized carbons (Fsp3) is 0.0741. The zero-order valence-electron chi connectivity index (χ0n) is 24.4. The summed E-state index contributed by atoms with van der Waals surface area (Å²) in [6, 6.07) is 11.3. The van der Waals surface area contributed by atoms with Gasteiger partial charge in [0, 0.05) is 22.9 Å². The maximum Gasteiger partial charge on any atom is 0.351 e. The summed E-state index contributed by atoms with van der Waals surface area (Å²) in [5.41, 5.74) is 5.67. The number of nitrogens with zero attached hydrogens (tertiary/aromatic N) is 4. The molecular weight excluding hydrogens is 715 g/mol. The third-order valence-corrected chi connectivity index (χ3v) is 8.91. The van der Waals surface area contributed by atoms with Gasteiger partial charge in [-0.15, -0.1) is 5.11 Å². The number of aromatic nitrogens is 3. The van der Waals surface area contributed by atoms with Crippen LogP contribution >= 0.6 is 23.2 Å². The Kier molecular flexibility index (Phi) is 9.44. The Hall–Kier alpha value is -5.05. The summed E-state index contributed by atoms with van der Waals surface area (Å²) in [5, 5.41) is 13.5. The first-order chi connectivity index (χ1) is 22.6. The monoisotopic (exact) mass is 736 g/mol. The van der Waals surface area contributed by atoms with Crippen molar-refractivity contribution in [2.75, 3.05) is 30.6 Å². The number of nitrogen functional groups attached to an aromatic ring is 1. The minimum Gasteiger partial charge on any atom is -0.494 e. The number of hydrogen-bond acceptors (Lipinski definition) is 14. The molecule has 0 bridgehead atoms. The van der Waals surface area contributed by atoms with Crippen LogP contribution in [0.1, 0.15) is 0 Å². The highest BCUT2D eigenvalue weighted by Gasteiger charge is 2.21. The van der Waals surface area contributed by atoms with Crippen LogP contribution in [-0.2, 0) is 20.2 Å². The van der Waals surface area contributed by atoms with E-state index in [-0.39, 0.29) is 61.2 Å². The molecular formula is C27H22Cl2N8O9S2. The number of aromatic amines is 1. The van der Waals surface area contributed by atoms with Crippen molar-refractivity contribution in [2.24, 2.45) is 10.2 Å². The molecule has 21 heteroatoms. The van der Waals surface area contributed by atoms with Gasteiger partial charge in [0.2, 0.25) is 11.9 Å². The van der Waals surface area contributed by atoms with E-state index in [2.05, 4.69) is 35.8 Å². The van der Waals surface area contributed by atoms with Gasteiger partial charge < -0.3 is 25.8 Å². The fourth-order valence-corrected chi connectivity index (χ4v) is 6.17. The first-order valence-corrected chi connectivity index (χ1v) is 16.7. The van der Waals surface area contributed by atoms with E-state index in [0.717, 1.165) is 18.2 Å². The van der Waals surface area contributed by atoms with E-state index >= 15 is 0 Å². The molecule has 0 saturated heterocycles. The van der Waals surface area contributed by atoms with Gasteiger partial charge in [-0.2, -0.15) is 31.9 Å². The van der Waals surface area contributed by atoms with Gasteiger partial charge in [-0.05, 0) is 30.3 Å². The van der Waals surface area contributed by atoms with Crippen molar-refractivity contribution in [1.29, 1.82) is 0 Å². The Bertz CT molecular complexity index is 2410. The first kappa shape index (κ1) is 34.3. The number of nitrogens with one attached hydrogen (secondary N) is 3. The summed E-state index contributed by atoms with van der Waals surface area (Å²) >= 11 is 12.6. The Morgan fingerprint density at radius 1 is 0.812 bits per heavy atom. The molecule has 4 aromatic carbocycles. The average molecular weight is 738 g/mol. The second-order valence-corrected chi connectivity index (χ2v) is 13.2. The van der Waals surface area contributed by atoms with Crippen LogP contribution in [0.2, 0.25) is 10.0 Å². The third kappa shape index (κ3) is 7.40. The number of nitrogens with two attached hydrogens (primary N) is 1. The Morgan fingerprint density at radius 2 is 1.46 bits per heavy atom. The zero-order valence-corrected chi connectivity index (χ0v) is 27.5. The minimum atomic E-state index is -4.87. The van der Waals surface area contributed by atoms with E-state index in [9.17, 15) is 30.7 Å². The number of rotatable bonds is 10. The average Bonchev–Trinajstić information content (AvgIpc) is 3.00. The van der Waals surface area contributed by atoms with Crippen LogP contribution in [-0.4, -0.2) is 55.1 Å². The van der Waals surface area contributed by atoms with Crippen LogP contribution in [0.3, 0.4) is 0 Å². The minimum absolute atomic E-state index is 0.00697. The summed E-state index contributed by atoms with van der Waals surface area (Å²) in [6.07, 6.45) is 0. The Morgan fingerprint density at radius 3 is 2.12 bits per heavy atom. The molecule has 7 N–H and O–H groups in total. The van der Waals surface area contributed by atoms with E-state index in [1.54, 1.807) is 0 Å². The van der Waals surface area contributed by atoms with Crippen molar-refractivity contribution >= 4 is 94.5 Å². The lowest BCUT2D eigenvalue weighted by atomic mass is 10.1. The lowest BCUT2D eigenvalue weighted by Crippen LogP contribution is -2.17. The standard InChI is InChI=1S/C27H22Cl2N8O9S2/c1-45-21-10-17(30)15(28)8-19(21)31-25-33-26(35-27(38)34-25)32-20-9-16(29)18(11-22(20)46-2)37-36-12-6-14-13(24(7-12)48(42,43)44)4-3-5-23(14)47(39,40)41/h3-11H,30H2,1-2H3,(H,39,40,41)(H,42,43,44)(H3,31,32,33,34,35,38). The zero-order chi connectivity index (χ0) is 35.0. The highest BCUT2D eigenvalue weighted by atomic mass is 35.5. The van der Waals surface area contributed by atoms with E-state index in [4.69, 9.17) is 38.4 Å². The number of benzene rings is 4. The Labute approximate surface area is 281 Å². The fourth-order valence-electron chi connectivity index (χ4n) is 4.39. The molecule has 5 aromatic rings. The smallest absolute Gasteiger partial charge is 0.351 e. The molecule has 0 amide bonds. The predicted molar refractivity (Wildman–Crippen MR) is 177 cm³/mol. The summed E-state index contributed by atoms with van der Waals surface area (Å²) in [5.74, 6) is 0.239. The maximum atomic E-state index is 12.4. The molecule has 0 fully saturated rings. The number of anilines is 5. The predicted octanol–water partition coefficient (Wildman–Crippen LogP) is 5.62. The number of fused-ring (bicyclic) bond motifs is 1. The molecule has 1 aromatic heterocycles. The summed E-state index contributed by atoms with van der Waals surface area (Å²) < 4.78 is 78.3. The molecule has 48 heavy (non-hydrogen) atoms. The van der Waals surface area contributed by atoms with Crippen molar-refractivity contribution in [1.82, 2.24) is 15.0 Å². The molecule has 0 unspecified atom stereocenters. The van der Waals surface area contributed by atoms with Gasteiger partial charge in [-0.25, -0.2) is 4.79 Å². The van der Waals surface area contributed by atoms with E-state index in [0.29, 0.717) is 11.4 Å². The highest BCUT2D eigenvalue weighted by molar-refractivity contribution is 7.86. The van der Waals surface area contributed by atoms with Crippen molar-refractivity contribution in [2.45, 2.75) is 9.79 Å². The van der Waals surface area contributed by atoms with Gasteiger partial charge in [-0.1, -0.05) is 35.3 Å². The van der Waals surface area contributed by atoms with Gasteiger partial charge in [0.1, 0.15) is 27.0 Å². The Balaban J connectivity index is 1.49. The van der Waals surface area contributed by atoms with Crippen LogP contribution in [0, 0.1) is 0 Å². The lowest BCUT2D eigenvalue weighted by molar-refractivity contribution is 0.417. The molecule has 250 valence electrons. The van der Waals surface area contributed by atoms with Crippen molar-refractivity contribution in [3.8, 4) is 11.5 Å². The molecule has 5 rings (SSSR count). The molecule has 0 aliphatic rings. The second-order valence-electron chi connectivity index (χ2n) is 9.60. The normalized spacial score (nSPS) is 12.0. The van der Waals surface area contributed by atoms with Gasteiger partial charge >= 0.3 is 5.69 Å². The third-order valence-electron chi connectivity index (χ3n) is 6.47. The molecule has 0 aliphatic carbocycles. The number of ether oxygens (including phenoxy) is 2. The quantitative estimate of drug-likeness (QED) is 0.0578. The number of halogens is 2. The van der Waals surface area contributed by atoms with Gasteiger partial charge in [0.25, 0.3) is 20.2 Å². The number of azo groups is 1. The van der Waals surface area contributed by atoms with Crippen LogP contribution in [0.25, 0.3) is 10.8 Å². The molecule has 0 saturated carbocycles. The SMILES string of the molecule is COc1cc(N)c(Cl)cc1Nc1nc(Nc2cc(Cl)c(N=Nc3cc(S(=O)(=O)O)c4cccc(S(=O)(=O)O)c4c3)cc2OC)[nH]c(=O)n1. The number of methoxy groups -OCH3 is 2. The van der Waals surface area contributed by atoms with Crippen molar-refractivity contribution in [3.05, 3.63) is 75.1 Å². The van der Waals surface area contributed by atoms with E-state index in [1.807, 2.05) is 0 Å². The second kappa shape index (κ2) is 13.2. The number of hydrogen-bond donors (Lipinski definition) is 6. The molecule has 0 spiro atoms. The summed E-state index contributed by atoms with van der Waals surface area (Å²) in [4.78, 5) is 21.5. The highest BCUT2D eigenvalue weighted by Crippen LogP contribution is 2.39. The van der Waals surface area contributed by atoms with Gasteiger partial charge in [0.15, 0.2) is 0 Å². The topological polar surface area (TPSA) is 261 Å². The van der Waals surface area contributed by atoms with Crippen LogP contribution in [0.15, 0.2) is 79.4 Å². The van der Waals surface area contributed by atoms with E-state index in [1.165, 1.54) is 50.6 Å². The summed E-state index contributed by atoms with van der Waals surface area (Å²) in [7, 11) is -6.92. The van der Waals surface area contributed by atoms with Gasteiger partial charge in [-0.3, -0.25) is 14.1 Å². The van der Waals surface area contributed by atoms with Crippen molar-refractivity contribution in [3.63, 3.8) is 0 Å². The van der Waals surface area contributed by atoms with E-state index < -0.39 is 35.7 Å². The van der Waals surface area contributed by atoms with Gasteiger partial charge in [0.05, 0.1) is 47.0 Å². The van der Waals surface area contributed by atoms with Crippen molar-refractivity contribution < 1.29 is 35.4 Å². The summed E-state index contributed by atoms with van der Waals surface area (Å²) in [6.45, 7) is 0.